The Kier molecular flexibility index (Phi) is 5.37. The molecular formula is C23H27NO. The van der Waals surface area contributed by atoms with Crippen molar-refractivity contribution in [1.82, 2.24) is 0 Å². The highest BCUT2D eigenvalue weighted by molar-refractivity contribution is 6.13. The molecule has 2 nitrogen and oxygen atoms in total. The number of fused-ring (bicyclic) bond motifs is 1. The molecule has 1 atom stereocenters. The number of carbonyl (C=O) groups is 1. The fourth-order valence-electron chi connectivity index (χ4n) is 3.63. The summed E-state index contributed by atoms with van der Waals surface area (Å²) in [5, 5.41) is 0. The number of rotatable bonds is 6. The minimum Gasteiger partial charge on any atom is -0.301 e. The van der Waals surface area contributed by atoms with E-state index in [1.807, 2.05) is 41.3 Å². The molecule has 0 aliphatic carbocycles. The molecule has 1 heterocycles. The maximum atomic E-state index is 13.2. The first-order valence-electron chi connectivity index (χ1n) is 9.32. The molecule has 0 radical (unpaired) electrons. The van der Waals surface area contributed by atoms with E-state index in [2.05, 4.69) is 32.6 Å². The van der Waals surface area contributed by atoms with E-state index in [-0.39, 0.29) is 11.9 Å². The van der Waals surface area contributed by atoms with Crippen LogP contribution in [0.4, 0.5) is 5.69 Å². The summed E-state index contributed by atoms with van der Waals surface area (Å²) in [6.07, 6.45) is 5.75. The van der Waals surface area contributed by atoms with E-state index in [0.29, 0.717) is 0 Å². The number of amides is 1. The molecule has 25 heavy (non-hydrogen) atoms. The lowest BCUT2D eigenvalue weighted by Gasteiger charge is -2.38. The molecule has 0 fully saturated rings. The molecule has 0 spiro atoms. The van der Waals surface area contributed by atoms with Gasteiger partial charge in [-0.3, -0.25) is 4.79 Å². The quantitative estimate of drug-likeness (QED) is 0.593. The number of aryl methyl sites for hydroxylation is 1. The summed E-state index contributed by atoms with van der Waals surface area (Å²) in [5.74, 6) is 0.0901. The zero-order valence-corrected chi connectivity index (χ0v) is 15.3. The molecule has 1 amide bonds. The van der Waals surface area contributed by atoms with Gasteiger partial charge in [0.25, 0.3) is 5.91 Å². The first kappa shape index (κ1) is 17.5. The van der Waals surface area contributed by atoms with Crippen molar-refractivity contribution in [3.8, 4) is 0 Å². The number of carbonyl (C=O) groups excluding carboxylic acids is 1. The molecule has 1 unspecified atom stereocenters. The van der Waals surface area contributed by atoms with Crippen LogP contribution < -0.4 is 4.90 Å². The number of unbranched alkanes of at least 4 members (excludes halogenated alkanes) is 3. The highest BCUT2D eigenvalue weighted by Gasteiger charge is 2.35. The maximum Gasteiger partial charge on any atom is 0.259 e. The van der Waals surface area contributed by atoms with Crippen LogP contribution in [0.5, 0.6) is 0 Å². The normalized spacial score (nSPS) is 16.9. The van der Waals surface area contributed by atoms with Crippen molar-refractivity contribution in [3.63, 3.8) is 0 Å². The zero-order valence-electron chi connectivity index (χ0n) is 15.3. The summed E-state index contributed by atoms with van der Waals surface area (Å²) >= 11 is 0. The molecule has 0 bridgehead atoms. The van der Waals surface area contributed by atoms with Crippen molar-refractivity contribution in [2.75, 3.05) is 4.90 Å². The van der Waals surface area contributed by atoms with Gasteiger partial charge in [0.15, 0.2) is 0 Å². The van der Waals surface area contributed by atoms with E-state index in [1.54, 1.807) is 0 Å². The molecule has 0 saturated heterocycles. The van der Waals surface area contributed by atoms with E-state index in [0.717, 1.165) is 35.2 Å². The van der Waals surface area contributed by atoms with Crippen molar-refractivity contribution in [1.29, 1.82) is 0 Å². The molecule has 0 aromatic heterocycles. The van der Waals surface area contributed by atoms with Gasteiger partial charge in [0.05, 0.1) is 6.04 Å². The summed E-state index contributed by atoms with van der Waals surface area (Å²) in [4.78, 5) is 15.2. The van der Waals surface area contributed by atoms with Crippen molar-refractivity contribution in [2.24, 2.45) is 0 Å². The van der Waals surface area contributed by atoms with Crippen LogP contribution in [0.3, 0.4) is 0 Å². The summed E-state index contributed by atoms with van der Waals surface area (Å²) < 4.78 is 0. The summed E-state index contributed by atoms with van der Waals surface area (Å²) in [7, 11) is 0. The number of anilines is 1. The lowest BCUT2D eigenvalue weighted by atomic mass is 9.86. The van der Waals surface area contributed by atoms with E-state index in [1.165, 1.54) is 24.8 Å². The average Bonchev–Trinajstić information content (AvgIpc) is 2.64. The SMILES string of the molecule is C=C1c2ccccc2C(=O)N(c2ccc(C)cc2)C1CCCCCC. The molecule has 0 N–H and O–H groups in total. The molecule has 3 rings (SSSR count). The molecule has 1 aliphatic heterocycles. The number of hydrogen-bond donors (Lipinski definition) is 0. The predicted molar refractivity (Wildman–Crippen MR) is 106 cm³/mol. The second kappa shape index (κ2) is 7.69. The molecule has 2 aromatic rings. The highest BCUT2D eigenvalue weighted by Crippen LogP contribution is 2.37. The minimum atomic E-state index is 0.0435. The van der Waals surface area contributed by atoms with Gasteiger partial charge in [0.2, 0.25) is 0 Å². The Morgan fingerprint density at radius 3 is 2.32 bits per heavy atom. The molecule has 130 valence electrons. The third kappa shape index (κ3) is 3.53. The Morgan fingerprint density at radius 1 is 0.960 bits per heavy atom. The first-order valence-corrected chi connectivity index (χ1v) is 9.32. The number of benzene rings is 2. The van der Waals surface area contributed by atoms with Gasteiger partial charge in [-0.05, 0) is 42.7 Å². The Balaban J connectivity index is 1.97. The summed E-state index contributed by atoms with van der Waals surface area (Å²) in [6.45, 7) is 8.66. The smallest absolute Gasteiger partial charge is 0.259 e. The predicted octanol–water partition coefficient (Wildman–Crippen LogP) is 6.01. The minimum absolute atomic E-state index is 0.0435. The zero-order chi connectivity index (χ0) is 17.8. The van der Waals surface area contributed by atoms with E-state index < -0.39 is 0 Å². The Morgan fingerprint density at radius 2 is 1.64 bits per heavy atom. The van der Waals surface area contributed by atoms with Gasteiger partial charge in [-0.25, -0.2) is 0 Å². The lowest BCUT2D eigenvalue weighted by molar-refractivity contribution is 0.0976. The molecule has 0 saturated carbocycles. The van der Waals surface area contributed by atoms with E-state index in [9.17, 15) is 4.79 Å². The van der Waals surface area contributed by atoms with E-state index >= 15 is 0 Å². The standard InChI is InChI=1S/C23H27NO/c1-4-5-6-7-12-22-18(3)20-10-8-9-11-21(20)23(25)24(22)19-15-13-17(2)14-16-19/h8-11,13-16,22H,3-7,12H2,1-2H3. The van der Waals surface area contributed by atoms with Crippen molar-refractivity contribution in [3.05, 3.63) is 71.8 Å². The Labute approximate surface area is 151 Å². The van der Waals surface area contributed by atoms with Gasteiger partial charge >= 0.3 is 0 Å². The Hall–Kier alpha value is -2.35. The van der Waals surface area contributed by atoms with Crippen molar-refractivity contribution >= 4 is 17.2 Å². The monoisotopic (exact) mass is 333 g/mol. The lowest BCUT2D eigenvalue weighted by Crippen LogP contribution is -2.45. The third-order valence-corrected chi connectivity index (χ3v) is 5.08. The molecule has 2 heteroatoms. The second-order valence-electron chi connectivity index (χ2n) is 6.95. The largest absolute Gasteiger partial charge is 0.301 e. The molecule has 1 aliphatic rings. The van der Waals surface area contributed by atoms with Crippen LogP contribution in [0.2, 0.25) is 0 Å². The van der Waals surface area contributed by atoms with Gasteiger partial charge in [-0.1, -0.05) is 75.1 Å². The summed E-state index contributed by atoms with van der Waals surface area (Å²) in [5.41, 5.74) is 5.00. The van der Waals surface area contributed by atoms with Crippen LogP contribution in [0, 0.1) is 6.92 Å². The highest BCUT2D eigenvalue weighted by atomic mass is 16.2. The summed E-state index contributed by atoms with van der Waals surface area (Å²) in [6, 6.07) is 16.1. The van der Waals surface area contributed by atoms with Gasteiger partial charge in [0, 0.05) is 11.3 Å². The van der Waals surface area contributed by atoms with Gasteiger partial charge in [0.1, 0.15) is 0 Å². The van der Waals surface area contributed by atoms with Crippen molar-refractivity contribution < 1.29 is 4.79 Å². The van der Waals surface area contributed by atoms with E-state index in [4.69, 9.17) is 0 Å². The van der Waals surface area contributed by atoms with Gasteiger partial charge in [-0.2, -0.15) is 0 Å². The average molecular weight is 333 g/mol. The van der Waals surface area contributed by atoms with Crippen LogP contribution in [-0.2, 0) is 0 Å². The number of nitrogens with zero attached hydrogens (tertiary/aromatic N) is 1. The fraction of sp³-hybridized carbons (Fsp3) is 0.348. The van der Waals surface area contributed by atoms with Crippen LogP contribution in [-0.4, -0.2) is 11.9 Å². The van der Waals surface area contributed by atoms with Gasteiger partial charge in [-0.15, -0.1) is 0 Å². The first-order chi connectivity index (χ1) is 12.1. The van der Waals surface area contributed by atoms with Crippen LogP contribution in [0.1, 0.15) is 60.5 Å². The van der Waals surface area contributed by atoms with Crippen LogP contribution in [0.15, 0.2) is 55.1 Å². The maximum absolute atomic E-state index is 13.2. The topological polar surface area (TPSA) is 20.3 Å². The Bertz CT molecular complexity index is 760. The fourth-order valence-corrected chi connectivity index (χ4v) is 3.63. The second-order valence-corrected chi connectivity index (χ2v) is 6.95. The molecular weight excluding hydrogens is 306 g/mol. The van der Waals surface area contributed by atoms with Crippen LogP contribution >= 0.6 is 0 Å². The van der Waals surface area contributed by atoms with Gasteiger partial charge < -0.3 is 4.90 Å². The third-order valence-electron chi connectivity index (χ3n) is 5.08. The molecule has 2 aromatic carbocycles. The van der Waals surface area contributed by atoms with Crippen molar-refractivity contribution in [2.45, 2.75) is 52.0 Å². The van der Waals surface area contributed by atoms with Crippen LogP contribution in [0.25, 0.3) is 5.57 Å². The number of hydrogen-bond acceptors (Lipinski definition) is 1.